The number of nitrogens with one attached hydrogen (secondary N) is 2. The molecule has 0 spiro atoms. The van der Waals surface area contributed by atoms with Crippen molar-refractivity contribution in [2.45, 2.75) is 58.9 Å². The van der Waals surface area contributed by atoms with Crippen molar-refractivity contribution < 1.29 is 4.79 Å². The summed E-state index contributed by atoms with van der Waals surface area (Å²) in [5.74, 6) is 1.06. The van der Waals surface area contributed by atoms with Gasteiger partial charge >= 0.3 is 0 Å². The molecular formula is C15H28N2O. The standard InChI is InChI=1S/C15H28N2O/c1-11-8-12(10-16-9-11)14(18)17-13-6-4-5-7-15(13,2)3/h11-13,16H,4-10H2,1-3H3,(H,17,18). The Hall–Kier alpha value is -0.570. The van der Waals surface area contributed by atoms with Crippen LogP contribution in [-0.4, -0.2) is 25.0 Å². The summed E-state index contributed by atoms with van der Waals surface area (Å²) in [6, 6.07) is 0.371. The highest BCUT2D eigenvalue weighted by Gasteiger charge is 2.35. The molecule has 2 aliphatic rings. The van der Waals surface area contributed by atoms with Gasteiger partial charge in [0, 0.05) is 12.6 Å². The van der Waals surface area contributed by atoms with Gasteiger partial charge in [-0.25, -0.2) is 0 Å². The van der Waals surface area contributed by atoms with Crippen molar-refractivity contribution >= 4 is 5.91 Å². The summed E-state index contributed by atoms with van der Waals surface area (Å²) in [5.41, 5.74) is 0.265. The van der Waals surface area contributed by atoms with Crippen LogP contribution in [0.3, 0.4) is 0 Å². The average molecular weight is 252 g/mol. The van der Waals surface area contributed by atoms with E-state index in [-0.39, 0.29) is 17.2 Å². The number of carbonyl (C=O) groups excluding carboxylic acids is 1. The number of rotatable bonds is 2. The molecule has 18 heavy (non-hydrogen) atoms. The molecule has 1 amide bonds. The van der Waals surface area contributed by atoms with E-state index in [9.17, 15) is 4.79 Å². The first kappa shape index (κ1) is 13.9. The Morgan fingerprint density at radius 3 is 2.72 bits per heavy atom. The van der Waals surface area contributed by atoms with Gasteiger partial charge in [-0.1, -0.05) is 33.6 Å². The number of piperidine rings is 1. The summed E-state index contributed by atoms with van der Waals surface area (Å²) in [6.45, 7) is 8.71. The van der Waals surface area contributed by atoms with Crippen LogP contribution in [-0.2, 0) is 4.79 Å². The topological polar surface area (TPSA) is 41.1 Å². The SMILES string of the molecule is CC1CNCC(C(=O)NC2CCCCC2(C)C)C1. The highest BCUT2D eigenvalue weighted by Crippen LogP contribution is 2.35. The zero-order valence-electron chi connectivity index (χ0n) is 12.1. The zero-order valence-corrected chi connectivity index (χ0v) is 12.1. The summed E-state index contributed by atoms with van der Waals surface area (Å²) in [7, 11) is 0. The van der Waals surface area contributed by atoms with Crippen LogP contribution in [0.4, 0.5) is 0 Å². The first-order valence-electron chi connectivity index (χ1n) is 7.50. The Balaban J connectivity index is 1.89. The minimum absolute atomic E-state index is 0.173. The van der Waals surface area contributed by atoms with E-state index in [0.717, 1.165) is 25.9 Å². The van der Waals surface area contributed by atoms with E-state index in [1.165, 1.54) is 19.3 Å². The lowest BCUT2D eigenvalue weighted by atomic mass is 9.73. The molecule has 1 heterocycles. The second kappa shape index (κ2) is 5.60. The lowest BCUT2D eigenvalue weighted by molar-refractivity contribution is -0.127. The zero-order chi connectivity index (χ0) is 13.2. The molecule has 1 saturated carbocycles. The largest absolute Gasteiger partial charge is 0.353 e. The smallest absolute Gasteiger partial charge is 0.224 e. The van der Waals surface area contributed by atoms with Crippen LogP contribution < -0.4 is 10.6 Å². The predicted octanol–water partition coefficient (Wildman–Crippen LogP) is 2.32. The first-order valence-corrected chi connectivity index (χ1v) is 7.50. The Morgan fingerprint density at radius 1 is 1.28 bits per heavy atom. The van der Waals surface area contributed by atoms with Gasteiger partial charge in [0.1, 0.15) is 0 Å². The fraction of sp³-hybridized carbons (Fsp3) is 0.933. The third-order valence-electron chi connectivity index (χ3n) is 4.76. The molecule has 3 unspecified atom stereocenters. The summed E-state index contributed by atoms with van der Waals surface area (Å²) in [6.07, 6.45) is 5.98. The molecular weight excluding hydrogens is 224 g/mol. The van der Waals surface area contributed by atoms with E-state index >= 15 is 0 Å². The average Bonchev–Trinajstić information content (AvgIpc) is 2.31. The van der Waals surface area contributed by atoms with Crippen molar-refractivity contribution in [3.05, 3.63) is 0 Å². The van der Waals surface area contributed by atoms with Crippen LogP contribution in [0.5, 0.6) is 0 Å². The Morgan fingerprint density at radius 2 is 2.06 bits per heavy atom. The van der Waals surface area contributed by atoms with Crippen LogP contribution in [0.15, 0.2) is 0 Å². The summed E-state index contributed by atoms with van der Waals surface area (Å²) < 4.78 is 0. The van der Waals surface area contributed by atoms with Gasteiger partial charge in [-0.15, -0.1) is 0 Å². The minimum atomic E-state index is 0.173. The highest BCUT2D eigenvalue weighted by atomic mass is 16.2. The highest BCUT2D eigenvalue weighted by molar-refractivity contribution is 5.79. The molecule has 0 aromatic heterocycles. The minimum Gasteiger partial charge on any atom is -0.353 e. The van der Waals surface area contributed by atoms with Crippen molar-refractivity contribution in [1.29, 1.82) is 0 Å². The molecule has 2 fully saturated rings. The summed E-state index contributed by atoms with van der Waals surface area (Å²) in [5, 5.41) is 6.68. The second-order valence-electron chi connectivity index (χ2n) is 6.99. The maximum absolute atomic E-state index is 12.3. The van der Waals surface area contributed by atoms with Crippen LogP contribution in [0.1, 0.15) is 52.9 Å². The lowest BCUT2D eigenvalue weighted by Gasteiger charge is -2.40. The number of hydrogen-bond acceptors (Lipinski definition) is 2. The van der Waals surface area contributed by atoms with Gasteiger partial charge in [0.2, 0.25) is 5.91 Å². The summed E-state index contributed by atoms with van der Waals surface area (Å²) >= 11 is 0. The molecule has 1 aliphatic heterocycles. The second-order valence-corrected chi connectivity index (χ2v) is 6.99. The molecule has 0 radical (unpaired) electrons. The van der Waals surface area contributed by atoms with Gasteiger partial charge in [-0.2, -0.15) is 0 Å². The predicted molar refractivity (Wildman–Crippen MR) is 74.3 cm³/mol. The van der Waals surface area contributed by atoms with Crippen LogP contribution in [0.2, 0.25) is 0 Å². The molecule has 0 aromatic rings. The molecule has 1 aliphatic carbocycles. The normalized spacial score (nSPS) is 36.1. The molecule has 0 aromatic carbocycles. The number of hydrogen-bond donors (Lipinski definition) is 2. The maximum Gasteiger partial charge on any atom is 0.224 e. The van der Waals surface area contributed by atoms with E-state index in [2.05, 4.69) is 31.4 Å². The Kier molecular flexibility index (Phi) is 4.31. The third kappa shape index (κ3) is 3.25. The van der Waals surface area contributed by atoms with Gasteiger partial charge in [-0.3, -0.25) is 4.79 Å². The van der Waals surface area contributed by atoms with Gasteiger partial charge in [0.15, 0.2) is 0 Å². The molecule has 2 N–H and O–H groups in total. The monoisotopic (exact) mass is 252 g/mol. The fourth-order valence-corrected chi connectivity index (χ4v) is 3.41. The summed E-state index contributed by atoms with van der Waals surface area (Å²) in [4.78, 5) is 12.3. The molecule has 2 rings (SSSR count). The first-order chi connectivity index (χ1) is 8.49. The van der Waals surface area contributed by atoms with Crippen LogP contribution >= 0.6 is 0 Å². The van der Waals surface area contributed by atoms with Crippen molar-refractivity contribution in [3.63, 3.8) is 0 Å². The fourth-order valence-electron chi connectivity index (χ4n) is 3.41. The van der Waals surface area contributed by atoms with E-state index in [1.54, 1.807) is 0 Å². The quantitative estimate of drug-likeness (QED) is 0.792. The van der Waals surface area contributed by atoms with E-state index in [0.29, 0.717) is 12.0 Å². The third-order valence-corrected chi connectivity index (χ3v) is 4.76. The van der Waals surface area contributed by atoms with E-state index in [1.807, 2.05) is 0 Å². The van der Waals surface area contributed by atoms with E-state index in [4.69, 9.17) is 0 Å². The van der Waals surface area contributed by atoms with Crippen molar-refractivity contribution in [2.24, 2.45) is 17.3 Å². The Bertz CT molecular complexity index is 301. The molecule has 3 heteroatoms. The maximum atomic E-state index is 12.3. The number of amides is 1. The van der Waals surface area contributed by atoms with Gasteiger partial charge < -0.3 is 10.6 Å². The van der Waals surface area contributed by atoms with E-state index < -0.39 is 0 Å². The van der Waals surface area contributed by atoms with Crippen molar-refractivity contribution in [2.75, 3.05) is 13.1 Å². The molecule has 104 valence electrons. The molecule has 3 atom stereocenters. The number of carbonyl (C=O) groups is 1. The van der Waals surface area contributed by atoms with Crippen molar-refractivity contribution in [3.8, 4) is 0 Å². The van der Waals surface area contributed by atoms with Gasteiger partial charge in [0.05, 0.1) is 5.92 Å². The molecule has 1 saturated heterocycles. The Labute approximate surface area is 111 Å². The molecule has 0 bridgehead atoms. The van der Waals surface area contributed by atoms with Crippen molar-refractivity contribution in [1.82, 2.24) is 10.6 Å². The van der Waals surface area contributed by atoms with Gasteiger partial charge in [0.25, 0.3) is 0 Å². The van der Waals surface area contributed by atoms with Crippen LogP contribution in [0, 0.1) is 17.3 Å². The van der Waals surface area contributed by atoms with Crippen LogP contribution in [0.25, 0.3) is 0 Å². The van der Waals surface area contributed by atoms with Gasteiger partial charge in [-0.05, 0) is 37.1 Å². The lowest BCUT2D eigenvalue weighted by Crippen LogP contribution is -2.51. The molecule has 3 nitrogen and oxygen atoms in total.